The highest BCUT2D eigenvalue weighted by Gasteiger charge is 2.25. The van der Waals surface area contributed by atoms with Gasteiger partial charge in [-0.05, 0) is 55.0 Å². The molecule has 3 aromatic heterocycles. The number of hydrogen-bond donors (Lipinski definition) is 2. The van der Waals surface area contributed by atoms with Crippen LogP contribution in [0.5, 0.6) is 0 Å². The molecule has 2 fully saturated rings. The zero-order chi connectivity index (χ0) is 21.5. The summed E-state index contributed by atoms with van der Waals surface area (Å²) in [6.07, 6.45) is 6.14. The second-order valence-electron chi connectivity index (χ2n) is 8.37. The van der Waals surface area contributed by atoms with Gasteiger partial charge in [-0.15, -0.1) is 0 Å². The fourth-order valence-electron chi connectivity index (χ4n) is 4.09. The molecule has 0 radical (unpaired) electrons. The average Bonchev–Trinajstić information content (AvgIpc) is 3.30. The zero-order valence-electron chi connectivity index (χ0n) is 17.9. The van der Waals surface area contributed by atoms with Crippen molar-refractivity contribution in [3.63, 3.8) is 0 Å². The second-order valence-corrected chi connectivity index (χ2v) is 9.25. The minimum absolute atomic E-state index is 0.256. The lowest BCUT2D eigenvalue weighted by Gasteiger charge is -2.34. The standard InChI is InChI=1S/C23H25N7OS/c1-15-14-31-11-10-29(15)22-12-18(17-4-2-3-5-20(17)32-28-16-6-7-16)19-13-25-30(23(19)26-22)21-8-9-24-27-21/h2-5,8-9,12-13,15-16,28H,6-7,10-11,14H2,1H3,(H,24,27)/t15-/m1/s1. The Kier molecular flexibility index (Phi) is 5.09. The molecule has 1 atom stereocenters. The Labute approximate surface area is 190 Å². The molecule has 1 saturated heterocycles. The topological polar surface area (TPSA) is 83.9 Å². The number of pyridine rings is 1. The Morgan fingerprint density at radius 1 is 1.19 bits per heavy atom. The normalized spacial score (nSPS) is 19.0. The van der Waals surface area contributed by atoms with Crippen molar-refractivity contribution in [2.45, 2.75) is 36.7 Å². The van der Waals surface area contributed by atoms with Gasteiger partial charge in [0.15, 0.2) is 11.5 Å². The van der Waals surface area contributed by atoms with E-state index in [9.17, 15) is 0 Å². The summed E-state index contributed by atoms with van der Waals surface area (Å²) < 4.78 is 11.1. The van der Waals surface area contributed by atoms with Crippen LogP contribution in [0.15, 0.2) is 53.7 Å². The molecule has 1 aliphatic carbocycles. The third-order valence-corrected chi connectivity index (χ3v) is 7.02. The van der Waals surface area contributed by atoms with Crippen LogP contribution >= 0.6 is 11.9 Å². The van der Waals surface area contributed by atoms with Gasteiger partial charge >= 0.3 is 0 Å². The van der Waals surface area contributed by atoms with Crippen LogP contribution in [0.25, 0.3) is 28.0 Å². The van der Waals surface area contributed by atoms with Gasteiger partial charge in [0.2, 0.25) is 0 Å². The Morgan fingerprint density at radius 2 is 2.09 bits per heavy atom. The smallest absolute Gasteiger partial charge is 0.167 e. The molecule has 2 aliphatic rings. The number of rotatable bonds is 6. The first-order valence-corrected chi connectivity index (χ1v) is 11.8. The van der Waals surface area contributed by atoms with Crippen LogP contribution in [0.3, 0.4) is 0 Å². The Hall–Kier alpha value is -2.88. The lowest BCUT2D eigenvalue weighted by atomic mass is 10.0. The minimum Gasteiger partial charge on any atom is -0.377 e. The maximum atomic E-state index is 5.67. The van der Waals surface area contributed by atoms with Crippen molar-refractivity contribution in [2.75, 3.05) is 24.7 Å². The first-order chi connectivity index (χ1) is 15.8. The van der Waals surface area contributed by atoms with Crippen LogP contribution in [-0.4, -0.2) is 56.8 Å². The summed E-state index contributed by atoms with van der Waals surface area (Å²) in [5.41, 5.74) is 3.13. The maximum absolute atomic E-state index is 5.67. The van der Waals surface area contributed by atoms with Gasteiger partial charge in [0.05, 0.1) is 31.6 Å². The monoisotopic (exact) mass is 447 g/mol. The van der Waals surface area contributed by atoms with E-state index in [2.05, 4.69) is 62.2 Å². The molecule has 4 aromatic rings. The van der Waals surface area contributed by atoms with Gasteiger partial charge in [-0.3, -0.25) is 9.82 Å². The van der Waals surface area contributed by atoms with Crippen LogP contribution in [0.2, 0.25) is 0 Å². The number of nitrogens with one attached hydrogen (secondary N) is 2. The fraction of sp³-hybridized carbons (Fsp3) is 0.348. The molecule has 9 heteroatoms. The van der Waals surface area contributed by atoms with Crippen LogP contribution in [0.1, 0.15) is 19.8 Å². The molecule has 164 valence electrons. The lowest BCUT2D eigenvalue weighted by Crippen LogP contribution is -2.44. The van der Waals surface area contributed by atoms with Gasteiger partial charge in [0.1, 0.15) is 5.82 Å². The van der Waals surface area contributed by atoms with E-state index in [1.165, 1.54) is 23.3 Å². The Morgan fingerprint density at radius 3 is 2.91 bits per heavy atom. The van der Waals surface area contributed by atoms with E-state index in [0.29, 0.717) is 19.3 Å². The van der Waals surface area contributed by atoms with Crippen LogP contribution in [0.4, 0.5) is 5.82 Å². The van der Waals surface area contributed by atoms with Crippen molar-refractivity contribution in [1.82, 2.24) is 29.7 Å². The van der Waals surface area contributed by atoms with E-state index in [0.717, 1.165) is 34.8 Å². The molecule has 1 aliphatic heterocycles. The van der Waals surface area contributed by atoms with Crippen LogP contribution < -0.4 is 9.62 Å². The zero-order valence-corrected chi connectivity index (χ0v) is 18.7. The molecular weight excluding hydrogens is 422 g/mol. The van der Waals surface area contributed by atoms with E-state index < -0.39 is 0 Å². The quantitative estimate of drug-likeness (QED) is 0.435. The third kappa shape index (κ3) is 3.66. The number of ether oxygens (including phenoxy) is 1. The average molecular weight is 448 g/mol. The summed E-state index contributed by atoms with van der Waals surface area (Å²) in [5.74, 6) is 1.74. The number of hydrogen-bond acceptors (Lipinski definition) is 7. The molecule has 0 bridgehead atoms. The molecule has 4 heterocycles. The number of nitrogens with zero attached hydrogens (tertiary/aromatic N) is 5. The lowest BCUT2D eigenvalue weighted by molar-refractivity contribution is 0.0985. The van der Waals surface area contributed by atoms with E-state index in [-0.39, 0.29) is 6.04 Å². The third-order valence-electron chi connectivity index (χ3n) is 5.99. The van der Waals surface area contributed by atoms with Crippen LogP contribution in [0, 0.1) is 0 Å². The molecule has 8 nitrogen and oxygen atoms in total. The molecular formula is C23H25N7OS. The van der Waals surface area contributed by atoms with Gasteiger partial charge in [-0.1, -0.05) is 18.2 Å². The highest BCUT2D eigenvalue weighted by Crippen LogP contribution is 2.38. The molecule has 0 unspecified atom stereocenters. The molecule has 6 rings (SSSR count). The van der Waals surface area contributed by atoms with Gasteiger partial charge in [0, 0.05) is 28.9 Å². The van der Waals surface area contributed by atoms with Crippen molar-refractivity contribution in [1.29, 1.82) is 0 Å². The number of H-pyrrole nitrogens is 1. The molecule has 1 saturated carbocycles. The fourth-order valence-corrected chi connectivity index (χ4v) is 5.06. The van der Waals surface area contributed by atoms with Gasteiger partial charge in [-0.2, -0.15) is 14.9 Å². The van der Waals surface area contributed by atoms with Crippen molar-refractivity contribution < 1.29 is 4.74 Å². The number of fused-ring (bicyclic) bond motifs is 1. The van der Waals surface area contributed by atoms with E-state index in [1.54, 1.807) is 18.1 Å². The summed E-state index contributed by atoms with van der Waals surface area (Å²) >= 11 is 1.72. The van der Waals surface area contributed by atoms with Crippen molar-refractivity contribution >= 4 is 28.8 Å². The predicted molar refractivity (Wildman–Crippen MR) is 126 cm³/mol. The summed E-state index contributed by atoms with van der Waals surface area (Å²) in [5, 5.41) is 12.8. The Balaban J connectivity index is 1.52. The highest BCUT2D eigenvalue weighted by atomic mass is 32.2. The number of benzene rings is 1. The molecule has 0 spiro atoms. The number of aromatic amines is 1. The first-order valence-electron chi connectivity index (χ1n) is 11.0. The van der Waals surface area contributed by atoms with Crippen molar-refractivity contribution in [2.24, 2.45) is 0 Å². The van der Waals surface area contributed by atoms with Crippen molar-refractivity contribution in [3.8, 4) is 16.9 Å². The van der Waals surface area contributed by atoms with Gasteiger partial charge in [-0.25, -0.2) is 4.98 Å². The molecule has 1 aromatic carbocycles. The second kappa shape index (κ2) is 8.23. The first kappa shape index (κ1) is 19.8. The highest BCUT2D eigenvalue weighted by molar-refractivity contribution is 7.97. The maximum Gasteiger partial charge on any atom is 0.167 e. The molecule has 2 N–H and O–H groups in total. The van der Waals surface area contributed by atoms with Crippen LogP contribution in [-0.2, 0) is 4.74 Å². The van der Waals surface area contributed by atoms with Gasteiger partial charge in [0.25, 0.3) is 0 Å². The SMILES string of the molecule is C[C@@H]1COCCN1c1cc(-c2ccccc2SNC2CC2)c2cnn(-c3ccn[nH]3)c2n1. The summed E-state index contributed by atoms with van der Waals surface area (Å²) in [6.45, 7) is 4.40. The van der Waals surface area contributed by atoms with E-state index >= 15 is 0 Å². The summed E-state index contributed by atoms with van der Waals surface area (Å²) in [4.78, 5) is 8.60. The molecule has 0 amide bonds. The number of morpholine rings is 1. The van der Waals surface area contributed by atoms with Crippen molar-refractivity contribution in [3.05, 3.63) is 48.8 Å². The van der Waals surface area contributed by atoms with E-state index in [1.807, 2.05) is 16.9 Å². The molecule has 32 heavy (non-hydrogen) atoms. The summed E-state index contributed by atoms with van der Waals surface area (Å²) in [7, 11) is 0. The predicted octanol–water partition coefficient (Wildman–Crippen LogP) is 3.79. The number of aromatic nitrogens is 5. The number of anilines is 1. The largest absolute Gasteiger partial charge is 0.377 e. The summed E-state index contributed by atoms with van der Waals surface area (Å²) in [6, 6.07) is 13.5. The van der Waals surface area contributed by atoms with E-state index in [4.69, 9.17) is 9.72 Å². The Bertz CT molecular complexity index is 1230. The van der Waals surface area contributed by atoms with Gasteiger partial charge < -0.3 is 9.64 Å². The minimum atomic E-state index is 0.256.